The first-order valence-electron chi connectivity index (χ1n) is 12.7. The molecule has 0 aliphatic carbocycles. The lowest BCUT2D eigenvalue weighted by atomic mass is 9.83. The molecule has 176 valence electrons. The van der Waals surface area contributed by atoms with Gasteiger partial charge in [-0.25, -0.2) is 0 Å². The van der Waals surface area contributed by atoms with Crippen LogP contribution in [0.15, 0.2) is 35.3 Å². The molecule has 6 heteroatoms. The largest absolute Gasteiger partial charge is 0.356 e. The second-order valence-electron chi connectivity index (χ2n) is 9.82. The van der Waals surface area contributed by atoms with Crippen molar-refractivity contribution >= 4 is 11.9 Å². The summed E-state index contributed by atoms with van der Waals surface area (Å²) in [5, 5.41) is 3.49. The number of nitrogens with zero attached hydrogens (tertiary/aromatic N) is 4. The van der Waals surface area contributed by atoms with Crippen molar-refractivity contribution in [3.63, 3.8) is 0 Å². The Labute approximate surface area is 194 Å². The van der Waals surface area contributed by atoms with Crippen LogP contribution in [0.3, 0.4) is 0 Å². The molecule has 3 atom stereocenters. The Morgan fingerprint density at radius 1 is 1.06 bits per heavy atom. The minimum atomic E-state index is 0.280. The van der Waals surface area contributed by atoms with Gasteiger partial charge in [0.15, 0.2) is 5.96 Å². The zero-order valence-electron chi connectivity index (χ0n) is 20.0. The number of hydrogen-bond donors (Lipinski definition) is 1. The minimum Gasteiger partial charge on any atom is -0.356 e. The fraction of sp³-hybridized carbons (Fsp3) is 0.692. The summed E-state index contributed by atoms with van der Waals surface area (Å²) in [5.41, 5.74) is 1.42. The van der Waals surface area contributed by atoms with Crippen LogP contribution in [0.5, 0.6) is 0 Å². The molecular formula is C26H41N5O. The van der Waals surface area contributed by atoms with Gasteiger partial charge in [-0.1, -0.05) is 30.3 Å². The van der Waals surface area contributed by atoms with Crippen LogP contribution >= 0.6 is 0 Å². The number of fused-ring (bicyclic) bond motifs is 1. The quantitative estimate of drug-likeness (QED) is 0.565. The zero-order valence-corrected chi connectivity index (χ0v) is 20.0. The third-order valence-corrected chi connectivity index (χ3v) is 7.67. The molecule has 3 heterocycles. The van der Waals surface area contributed by atoms with E-state index in [1.54, 1.807) is 0 Å². The van der Waals surface area contributed by atoms with Crippen LogP contribution < -0.4 is 5.32 Å². The number of nitrogens with one attached hydrogen (secondary N) is 1. The topological polar surface area (TPSA) is 51.2 Å². The van der Waals surface area contributed by atoms with Crippen LogP contribution in [0, 0.1) is 5.92 Å². The van der Waals surface area contributed by atoms with Crippen molar-refractivity contribution in [2.24, 2.45) is 10.9 Å². The number of carbonyl (C=O) groups excluding carboxylic acids is 1. The molecule has 3 unspecified atom stereocenters. The predicted molar refractivity (Wildman–Crippen MR) is 131 cm³/mol. The normalized spacial score (nSPS) is 27.2. The fourth-order valence-corrected chi connectivity index (χ4v) is 5.94. The van der Waals surface area contributed by atoms with Crippen LogP contribution in [0.4, 0.5) is 0 Å². The third kappa shape index (κ3) is 5.64. The minimum absolute atomic E-state index is 0.280. The molecule has 0 bridgehead atoms. The average molecular weight is 440 g/mol. The first-order chi connectivity index (χ1) is 15.7. The molecule has 4 rings (SSSR count). The summed E-state index contributed by atoms with van der Waals surface area (Å²) in [6, 6.07) is 11.9. The highest BCUT2D eigenvalue weighted by Crippen LogP contribution is 2.31. The van der Waals surface area contributed by atoms with Crippen molar-refractivity contribution in [1.82, 2.24) is 20.0 Å². The highest BCUT2D eigenvalue weighted by Gasteiger charge is 2.36. The fourth-order valence-electron chi connectivity index (χ4n) is 5.94. The first kappa shape index (κ1) is 23.1. The van der Waals surface area contributed by atoms with Crippen molar-refractivity contribution in [2.75, 3.05) is 39.8 Å². The maximum atomic E-state index is 12.7. The Kier molecular flexibility index (Phi) is 8.06. The van der Waals surface area contributed by atoms with Gasteiger partial charge in [0, 0.05) is 58.3 Å². The molecule has 6 nitrogen and oxygen atoms in total. The molecule has 3 aliphatic heterocycles. The number of piperidine rings is 3. The lowest BCUT2D eigenvalue weighted by molar-refractivity contribution is -0.134. The van der Waals surface area contributed by atoms with E-state index in [9.17, 15) is 4.79 Å². The Balaban J connectivity index is 1.26. The summed E-state index contributed by atoms with van der Waals surface area (Å²) in [4.78, 5) is 24.4. The first-order valence-corrected chi connectivity index (χ1v) is 12.7. The number of benzene rings is 1. The Morgan fingerprint density at radius 3 is 2.69 bits per heavy atom. The van der Waals surface area contributed by atoms with E-state index in [0.29, 0.717) is 31.0 Å². The third-order valence-electron chi connectivity index (χ3n) is 7.67. The van der Waals surface area contributed by atoms with Gasteiger partial charge >= 0.3 is 0 Å². The van der Waals surface area contributed by atoms with Crippen LogP contribution in [0.25, 0.3) is 0 Å². The van der Waals surface area contributed by atoms with E-state index >= 15 is 0 Å². The van der Waals surface area contributed by atoms with Gasteiger partial charge in [-0.2, -0.15) is 0 Å². The van der Waals surface area contributed by atoms with Gasteiger partial charge in [0.1, 0.15) is 0 Å². The van der Waals surface area contributed by atoms with Gasteiger partial charge in [0.05, 0.1) is 0 Å². The van der Waals surface area contributed by atoms with Crippen LogP contribution in [0.1, 0.15) is 57.4 Å². The van der Waals surface area contributed by atoms with Crippen LogP contribution in [0.2, 0.25) is 0 Å². The number of hydrogen-bond acceptors (Lipinski definition) is 3. The number of guanidine groups is 1. The van der Waals surface area contributed by atoms with Gasteiger partial charge in [0.25, 0.3) is 0 Å². The average Bonchev–Trinajstić information content (AvgIpc) is 2.82. The number of carbonyl (C=O) groups is 1. The van der Waals surface area contributed by atoms with E-state index in [4.69, 9.17) is 0 Å². The molecule has 0 aromatic heterocycles. The monoisotopic (exact) mass is 439 g/mol. The molecular weight excluding hydrogens is 398 g/mol. The van der Waals surface area contributed by atoms with Crippen LogP contribution in [-0.2, 0) is 11.3 Å². The van der Waals surface area contributed by atoms with E-state index in [0.717, 1.165) is 45.0 Å². The number of amides is 1. The van der Waals surface area contributed by atoms with Gasteiger partial charge in [0.2, 0.25) is 5.91 Å². The summed E-state index contributed by atoms with van der Waals surface area (Å²) in [6.07, 6.45) is 7.83. The smallest absolute Gasteiger partial charge is 0.224 e. The predicted octanol–water partition coefficient (Wildman–Crippen LogP) is 3.34. The van der Waals surface area contributed by atoms with E-state index in [1.165, 1.54) is 37.8 Å². The summed E-state index contributed by atoms with van der Waals surface area (Å²) in [5.74, 6) is 1.93. The second kappa shape index (κ2) is 11.2. The molecule has 1 aromatic carbocycles. The standard InChI is InChI=1S/C26H41N5O/c1-21-9-6-7-17-31(21)25(32)13-15-28-26(27-2)30-18-14-24-23(20-30)12-8-16-29(24)19-22-10-4-3-5-11-22/h3-5,10-11,21,23-24H,6-9,12-20H2,1-2H3,(H,27,28). The number of rotatable bonds is 5. The molecule has 32 heavy (non-hydrogen) atoms. The molecule has 0 spiro atoms. The lowest BCUT2D eigenvalue weighted by Gasteiger charge is -2.48. The Hall–Kier alpha value is -2.08. The van der Waals surface area contributed by atoms with Gasteiger partial charge < -0.3 is 15.1 Å². The molecule has 3 fully saturated rings. The highest BCUT2D eigenvalue weighted by atomic mass is 16.2. The lowest BCUT2D eigenvalue weighted by Crippen LogP contribution is -2.56. The van der Waals surface area contributed by atoms with Crippen molar-refractivity contribution in [3.05, 3.63) is 35.9 Å². The summed E-state index contributed by atoms with van der Waals surface area (Å²) >= 11 is 0. The molecule has 3 aliphatic rings. The number of likely N-dealkylation sites (tertiary alicyclic amines) is 3. The highest BCUT2D eigenvalue weighted by molar-refractivity contribution is 5.81. The zero-order chi connectivity index (χ0) is 22.3. The SMILES string of the molecule is CN=C(NCCC(=O)N1CCCCC1C)N1CCC2C(CCCN2Cc2ccccc2)C1. The van der Waals surface area contributed by atoms with E-state index in [1.807, 2.05) is 7.05 Å². The summed E-state index contributed by atoms with van der Waals surface area (Å²) in [7, 11) is 1.87. The summed E-state index contributed by atoms with van der Waals surface area (Å²) < 4.78 is 0. The molecule has 3 saturated heterocycles. The Bertz CT molecular complexity index is 767. The van der Waals surface area contributed by atoms with Crippen molar-refractivity contribution in [2.45, 2.75) is 70.5 Å². The van der Waals surface area contributed by atoms with Crippen molar-refractivity contribution in [3.8, 4) is 0 Å². The van der Waals surface area contributed by atoms with Gasteiger partial charge in [-0.3, -0.25) is 14.7 Å². The second-order valence-corrected chi connectivity index (χ2v) is 9.82. The van der Waals surface area contributed by atoms with E-state index in [2.05, 4.69) is 62.3 Å². The summed E-state index contributed by atoms with van der Waals surface area (Å²) in [6.45, 7) is 8.13. The van der Waals surface area contributed by atoms with E-state index in [-0.39, 0.29) is 5.91 Å². The maximum Gasteiger partial charge on any atom is 0.224 e. The molecule has 1 N–H and O–H groups in total. The van der Waals surface area contributed by atoms with Crippen LogP contribution in [-0.4, -0.2) is 78.4 Å². The number of aliphatic imine (C=N–C) groups is 1. The van der Waals surface area contributed by atoms with Gasteiger partial charge in [-0.05, 0) is 63.5 Å². The van der Waals surface area contributed by atoms with E-state index < -0.39 is 0 Å². The van der Waals surface area contributed by atoms with Crippen molar-refractivity contribution in [1.29, 1.82) is 0 Å². The Morgan fingerprint density at radius 2 is 1.91 bits per heavy atom. The van der Waals surface area contributed by atoms with Gasteiger partial charge in [-0.15, -0.1) is 0 Å². The van der Waals surface area contributed by atoms with Crippen molar-refractivity contribution < 1.29 is 4.79 Å². The molecule has 0 radical (unpaired) electrons. The molecule has 1 aromatic rings. The molecule has 1 amide bonds. The maximum absolute atomic E-state index is 12.7. The molecule has 0 saturated carbocycles.